The number of benzene rings is 2. The molecule has 138 valence electrons. The Morgan fingerprint density at radius 2 is 1.85 bits per heavy atom. The molecule has 26 heavy (non-hydrogen) atoms. The summed E-state index contributed by atoms with van der Waals surface area (Å²) >= 11 is 0. The topological polar surface area (TPSA) is 68.1 Å². The Labute approximate surface area is 147 Å². The van der Waals surface area contributed by atoms with Gasteiger partial charge in [-0.2, -0.15) is 13.2 Å². The summed E-state index contributed by atoms with van der Waals surface area (Å²) in [6.45, 7) is 0.307. The van der Waals surface area contributed by atoms with E-state index in [1.165, 1.54) is 18.3 Å². The highest BCUT2D eigenvalue weighted by Gasteiger charge is 2.29. The third-order valence-electron chi connectivity index (χ3n) is 3.21. The molecular formula is C18H16F3NO4. The van der Waals surface area contributed by atoms with E-state index in [1.54, 1.807) is 24.3 Å². The lowest BCUT2D eigenvalue weighted by Gasteiger charge is -2.07. The van der Waals surface area contributed by atoms with E-state index in [1.807, 2.05) is 0 Å². The lowest BCUT2D eigenvalue weighted by Crippen LogP contribution is -2.05. The maximum atomic E-state index is 12.4. The summed E-state index contributed by atoms with van der Waals surface area (Å²) in [5.74, 6) is -0.415. The van der Waals surface area contributed by atoms with E-state index in [4.69, 9.17) is 14.7 Å². The smallest absolute Gasteiger partial charge is 0.416 e. The first-order valence-corrected chi connectivity index (χ1v) is 7.61. The number of alkyl halides is 3. The number of ether oxygens (including phenoxy) is 1. The van der Waals surface area contributed by atoms with Crippen LogP contribution in [0, 0.1) is 0 Å². The van der Waals surface area contributed by atoms with Crippen molar-refractivity contribution < 1.29 is 32.6 Å². The van der Waals surface area contributed by atoms with Crippen molar-refractivity contribution in [3.05, 3.63) is 65.2 Å². The normalized spacial score (nSPS) is 11.5. The summed E-state index contributed by atoms with van der Waals surface area (Å²) in [5, 5.41) is 12.4. The van der Waals surface area contributed by atoms with Gasteiger partial charge in [0.05, 0.1) is 18.2 Å². The van der Waals surface area contributed by atoms with Gasteiger partial charge in [0.15, 0.2) is 6.61 Å². The molecule has 0 amide bonds. The minimum atomic E-state index is -4.37. The molecule has 2 aromatic carbocycles. The second kappa shape index (κ2) is 8.89. The van der Waals surface area contributed by atoms with Crippen LogP contribution in [0.2, 0.25) is 0 Å². The molecule has 2 aromatic rings. The van der Waals surface area contributed by atoms with Gasteiger partial charge in [-0.1, -0.05) is 29.4 Å². The van der Waals surface area contributed by atoms with Gasteiger partial charge in [-0.05, 0) is 35.4 Å². The van der Waals surface area contributed by atoms with Gasteiger partial charge in [0, 0.05) is 0 Å². The fraction of sp³-hybridized carbons (Fsp3) is 0.222. The Balaban J connectivity index is 1.73. The third-order valence-corrected chi connectivity index (χ3v) is 3.21. The molecule has 0 heterocycles. The molecule has 0 atom stereocenters. The number of carboxylic acids is 1. The summed E-state index contributed by atoms with van der Waals surface area (Å²) < 4.78 is 42.7. The Morgan fingerprint density at radius 1 is 1.12 bits per heavy atom. The van der Waals surface area contributed by atoms with Crippen LogP contribution in [0.5, 0.6) is 5.75 Å². The Bertz CT molecular complexity index is 758. The van der Waals surface area contributed by atoms with Crippen LogP contribution in [0.4, 0.5) is 13.2 Å². The van der Waals surface area contributed by atoms with Crippen molar-refractivity contribution >= 4 is 12.2 Å². The first kappa shape index (κ1) is 19.3. The summed E-state index contributed by atoms with van der Waals surface area (Å²) in [5.41, 5.74) is 0.366. The van der Waals surface area contributed by atoms with E-state index in [2.05, 4.69) is 5.16 Å². The average Bonchev–Trinajstić information content (AvgIpc) is 2.57. The highest BCUT2D eigenvalue weighted by atomic mass is 19.4. The average molecular weight is 367 g/mol. The first-order valence-electron chi connectivity index (χ1n) is 7.61. The van der Waals surface area contributed by atoms with Crippen molar-refractivity contribution in [2.24, 2.45) is 5.16 Å². The molecule has 1 N–H and O–H groups in total. The summed E-state index contributed by atoms with van der Waals surface area (Å²) in [6, 6.07) is 11.2. The number of hydrogen-bond donors (Lipinski definition) is 1. The fourth-order valence-electron chi connectivity index (χ4n) is 2.03. The van der Waals surface area contributed by atoms with Crippen LogP contribution in [-0.2, 0) is 22.2 Å². The van der Waals surface area contributed by atoms with Crippen LogP contribution in [0.25, 0.3) is 0 Å². The van der Waals surface area contributed by atoms with E-state index >= 15 is 0 Å². The quantitative estimate of drug-likeness (QED) is 0.438. The van der Waals surface area contributed by atoms with Gasteiger partial charge in [0.2, 0.25) is 0 Å². The van der Waals surface area contributed by atoms with Crippen LogP contribution >= 0.6 is 0 Å². The van der Waals surface area contributed by atoms with Gasteiger partial charge in [0.25, 0.3) is 0 Å². The number of carbonyl (C=O) groups is 1. The largest absolute Gasteiger partial charge is 0.490 e. The maximum absolute atomic E-state index is 12.4. The van der Waals surface area contributed by atoms with E-state index in [9.17, 15) is 18.0 Å². The van der Waals surface area contributed by atoms with E-state index in [0.29, 0.717) is 16.9 Å². The number of halogens is 3. The molecular weight excluding hydrogens is 351 g/mol. The number of carboxylic acid groups (broad SMARTS) is 1. The van der Waals surface area contributed by atoms with Crippen LogP contribution in [0.1, 0.15) is 16.7 Å². The zero-order valence-corrected chi connectivity index (χ0v) is 13.6. The molecule has 0 aliphatic carbocycles. The molecule has 0 unspecified atom stereocenters. The molecule has 5 nitrogen and oxygen atoms in total. The number of oxime groups is 1. The second-order valence-electron chi connectivity index (χ2n) is 5.25. The monoisotopic (exact) mass is 367 g/mol. The van der Waals surface area contributed by atoms with Crippen LogP contribution in [0.15, 0.2) is 53.7 Å². The molecule has 2 rings (SSSR count). The van der Waals surface area contributed by atoms with E-state index < -0.39 is 17.7 Å². The molecule has 0 spiro atoms. The van der Waals surface area contributed by atoms with Crippen molar-refractivity contribution in [2.45, 2.75) is 12.6 Å². The van der Waals surface area contributed by atoms with Gasteiger partial charge in [-0.3, -0.25) is 4.79 Å². The summed E-state index contributed by atoms with van der Waals surface area (Å²) in [7, 11) is 0. The van der Waals surface area contributed by atoms with Gasteiger partial charge in [0.1, 0.15) is 12.4 Å². The minimum Gasteiger partial charge on any atom is -0.490 e. The van der Waals surface area contributed by atoms with Crippen molar-refractivity contribution in [3.63, 3.8) is 0 Å². The molecule has 0 saturated carbocycles. The Kier molecular flexibility index (Phi) is 6.60. The number of nitrogens with zero attached hydrogens (tertiary/aromatic N) is 1. The van der Waals surface area contributed by atoms with Gasteiger partial charge in [-0.25, -0.2) is 0 Å². The maximum Gasteiger partial charge on any atom is 0.416 e. The molecule has 0 saturated heterocycles. The molecule has 0 aliphatic rings. The van der Waals surface area contributed by atoms with Gasteiger partial charge < -0.3 is 14.7 Å². The lowest BCUT2D eigenvalue weighted by molar-refractivity contribution is -0.138. The number of aliphatic carboxylic acids is 1. The fourth-order valence-corrected chi connectivity index (χ4v) is 2.03. The van der Waals surface area contributed by atoms with Gasteiger partial charge >= 0.3 is 12.1 Å². The zero-order chi connectivity index (χ0) is 19.0. The summed E-state index contributed by atoms with van der Waals surface area (Å²) in [4.78, 5) is 15.6. The number of hydrogen-bond acceptors (Lipinski definition) is 4. The Hall–Kier alpha value is -3.03. The molecule has 0 radical (unpaired) electrons. The van der Waals surface area contributed by atoms with Crippen molar-refractivity contribution in [1.82, 2.24) is 0 Å². The predicted octanol–water partition coefficient (Wildman–Crippen LogP) is 3.76. The van der Waals surface area contributed by atoms with Crippen molar-refractivity contribution in [3.8, 4) is 5.75 Å². The molecule has 0 aliphatic heterocycles. The summed E-state index contributed by atoms with van der Waals surface area (Å²) in [6.07, 6.45) is -3.16. The predicted molar refractivity (Wildman–Crippen MR) is 88.3 cm³/mol. The van der Waals surface area contributed by atoms with Crippen LogP contribution in [0.3, 0.4) is 0 Å². The lowest BCUT2D eigenvalue weighted by atomic mass is 10.1. The molecule has 0 fully saturated rings. The van der Waals surface area contributed by atoms with Crippen molar-refractivity contribution in [2.75, 3.05) is 13.2 Å². The van der Waals surface area contributed by atoms with Gasteiger partial charge in [-0.15, -0.1) is 0 Å². The first-order chi connectivity index (χ1) is 12.3. The second-order valence-corrected chi connectivity index (χ2v) is 5.25. The Morgan fingerprint density at radius 3 is 2.50 bits per heavy atom. The number of rotatable bonds is 8. The van der Waals surface area contributed by atoms with Crippen LogP contribution < -0.4 is 4.74 Å². The van der Waals surface area contributed by atoms with Crippen molar-refractivity contribution in [1.29, 1.82) is 0 Å². The van der Waals surface area contributed by atoms with E-state index in [-0.39, 0.29) is 19.6 Å². The minimum absolute atomic E-state index is 0.0921. The SMILES string of the molecule is O=C(O)Cc1cccc(OCCO/N=C/c2ccc(C(F)(F)F)cc2)c1. The highest BCUT2D eigenvalue weighted by molar-refractivity contribution is 5.79. The van der Waals surface area contributed by atoms with Crippen LogP contribution in [-0.4, -0.2) is 30.5 Å². The molecule has 0 bridgehead atoms. The standard InChI is InChI=1S/C18H16F3NO4/c19-18(20,21)15-6-4-13(5-7-15)12-22-26-9-8-25-16-3-1-2-14(10-16)11-17(23)24/h1-7,10,12H,8-9,11H2,(H,23,24)/b22-12+. The van der Waals surface area contributed by atoms with E-state index in [0.717, 1.165) is 12.1 Å². The highest BCUT2D eigenvalue weighted by Crippen LogP contribution is 2.28. The molecule has 8 heteroatoms. The zero-order valence-electron chi connectivity index (χ0n) is 13.6. The third kappa shape index (κ3) is 6.46. The molecule has 0 aromatic heterocycles.